The van der Waals surface area contributed by atoms with Gasteiger partial charge in [0.1, 0.15) is 11.5 Å². The highest BCUT2D eigenvalue weighted by atomic mass is 127. The lowest BCUT2D eigenvalue weighted by Gasteiger charge is -2.36. The number of aryl methyl sites for hydroxylation is 1. The van der Waals surface area contributed by atoms with Gasteiger partial charge in [0.05, 0.1) is 10.7 Å². The zero-order valence-electron chi connectivity index (χ0n) is 21.7. The zero-order valence-corrected chi connectivity index (χ0v) is 23.9. The number of benzene rings is 2. The first-order valence-corrected chi connectivity index (χ1v) is 13.9. The van der Waals surface area contributed by atoms with Crippen LogP contribution in [0.1, 0.15) is 61.1 Å². The van der Waals surface area contributed by atoms with Gasteiger partial charge in [-0.05, 0) is 84.2 Å². The molecule has 2 aromatic rings. The second kappa shape index (κ2) is 10.9. The normalized spacial score (nSPS) is 17.6. The highest BCUT2D eigenvalue weighted by Gasteiger charge is 2.42. The number of nitrogens with one attached hydrogen (secondary N) is 1. The van der Waals surface area contributed by atoms with Crippen LogP contribution in [0.3, 0.4) is 0 Å². The number of methoxy groups -OCH3 is 1. The van der Waals surface area contributed by atoms with Crippen molar-refractivity contribution in [2.24, 2.45) is 0 Å². The van der Waals surface area contributed by atoms with Crippen molar-refractivity contribution < 1.29 is 28.6 Å². The van der Waals surface area contributed by atoms with Crippen LogP contribution in [0.2, 0.25) is 0 Å². The van der Waals surface area contributed by atoms with Gasteiger partial charge in [0.15, 0.2) is 29.7 Å². The van der Waals surface area contributed by atoms with Gasteiger partial charge >= 0.3 is 0 Å². The van der Waals surface area contributed by atoms with Gasteiger partial charge in [-0.1, -0.05) is 12.1 Å². The third-order valence-corrected chi connectivity index (χ3v) is 8.25. The maximum absolute atomic E-state index is 13.1. The van der Waals surface area contributed by atoms with Crippen molar-refractivity contribution in [2.45, 2.75) is 58.3 Å². The minimum atomic E-state index is -0.488. The molecule has 1 heterocycles. The first kappa shape index (κ1) is 26.5. The van der Waals surface area contributed by atoms with Gasteiger partial charge < -0.3 is 19.5 Å². The van der Waals surface area contributed by atoms with Crippen molar-refractivity contribution in [3.63, 3.8) is 0 Å². The van der Waals surface area contributed by atoms with E-state index in [1.807, 2.05) is 44.2 Å². The van der Waals surface area contributed by atoms with E-state index in [1.54, 1.807) is 0 Å². The van der Waals surface area contributed by atoms with Crippen LogP contribution in [0.25, 0.3) is 0 Å². The van der Waals surface area contributed by atoms with Crippen molar-refractivity contribution in [3.05, 3.63) is 73.3 Å². The molecule has 0 aromatic heterocycles. The molecule has 3 aliphatic rings. The number of ketones is 2. The lowest BCUT2D eigenvalue weighted by molar-refractivity contribution is -0.119. The highest BCUT2D eigenvalue weighted by Crippen LogP contribution is 2.49. The molecule has 0 unspecified atom stereocenters. The third kappa shape index (κ3) is 4.98. The molecule has 2 aromatic carbocycles. The maximum atomic E-state index is 13.1. The largest absolute Gasteiger partial charge is 0.493 e. The summed E-state index contributed by atoms with van der Waals surface area (Å²) < 4.78 is 18.5. The number of carbonyl (C=O) groups excluding carboxylic acids is 3. The molecule has 0 atom stereocenters. The smallest absolute Gasteiger partial charge is 0.262 e. The van der Waals surface area contributed by atoms with Crippen molar-refractivity contribution in [1.29, 1.82) is 0 Å². The number of rotatable bonds is 6. The lowest BCUT2D eigenvalue weighted by Crippen LogP contribution is -2.30. The predicted octanol–water partition coefficient (Wildman–Crippen LogP) is 6.06. The molecule has 0 spiro atoms. The Hall–Kier alpha value is -3.14. The molecular weight excluding hydrogens is 597 g/mol. The van der Waals surface area contributed by atoms with Crippen molar-refractivity contribution in [1.82, 2.24) is 0 Å². The monoisotopic (exact) mass is 627 g/mol. The van der Waals surface area contributed by atoms with Gasteiger partial charge in [0.2, 0.25) is 0 Å². The van der Waals surface area contributed by atoms with Crippen molar-refractivity contribution in [2.75, 3.05) is 19.0 Å². The Morgan fingerprint density at radius 1 is 1.03 bits per heavy atom. The fraction of sp³-hybridized carbons (Fsp3) is 0.367. The number of ether oxygens (including phenoxy) is 3. The van der Waals surface area contributed by atoms with Crippen LogP contribution in [0.5, 0.6) is 11.5 Å². The summed E-state index contributed by atoms with van der Waals surface area (Å²) in [5.74, 6) is 1.54. The van der Waals surface area contributed by atoms with E-state index in [0.29, 0.717) is 59.8 Å². The van der Waals surface area contributed by atoms with Crippen molar-refractivity contribution in [3.8, 4) is 11.5 Å². The van der Waals surface area contributed by atoms with E-state index < -0.39 is 5.92 Å². The summed E-state index contributed by atoms with van der Waals surface area (Å²) in [6.45, 7) is 3.76. The fourth-order valence-electron chi connectivity index (χ4n) is 5.41. The molecule has 38 heavy (non-hydrogen) atoms. The number of Topliss-reactive ketones (excluding diaryl/α,β-unsaturated/α-hetero) is 2. The van der Waals surface area contributed by atoms with Crippen LogP contribution in [-0.4, -0.2) is 31.2 Å². The van der Waals surface area contributed by atoms with Gasteiger partial charge in [-0.2, -0.15) is 0 Å². The second-order valence-corrected chi connectivity index (χ2v) is 11.0. The molecule has 8 heteroatoms. The van der Waals surface area contributed by atoms with E-state index in [1.165, 1.54) is 7.11 Å². The summed E-state index contributed by atoms with van der Waals surface area (Å²) in [5, 5.41) is 2.91. The Bertz CT molecular complexity index is 1360. The van der Waals surface area contributed by atoms with Gasteiger partial charge in [0.25, 0.3) is 5.91 Å². The van der Waals surface area contributed by atoms with Gasteiger partial charge in [-0.25, -0.2) is 0 Å². The molecule has 1 N–H and O–H groups in total. The quantitative estimate of drug-likeness (QED) is 0.392. The first-order chi connectivity index (χ1) is 18.3. The molecule has 0 radical (unpaired) electrons. The summed E-state index contributed by atoms with van der Waals surface area (Å²) >= 11 is 2.15. The Morgan fingerprint density at radius 2 is 1.68 bits per heavy atom. The number of anilines is 1. The molecule has 5 rings (SSSR count). The van der Waals surface area contributed by atoms with Crippen LogP contribution in [0.4, 0.5) is 5.69 Å². The van der Waals surface area contributed by atoms with Gasteiger partial charge in [-0.3, -0.25) is 14.4 Å². The van der Waals surface area contributed by atoms with Crippen LogP contribution in [0.15, 0.2) is 53.0 Å². The summed E-state index contributed by atoms with van der Waals surface area (Å²) in [4.78, 5) is 38.9. The molecular formula is C30H30INO6. The topological polar surface area (TPSA) is 90.9 Å². The van der Waals surface area contributed by atoms with E-state index in [4.69, 9.17) is 14.2 Å². The van der Waals surface area contributed by atoms with E-state index in [0.717, 1.165) is 38.8 Å². The van der Waals surface area contributed by atoms with E-state index in [9.17, 15) is 14.4 Å². The SMILES string of the molecule is COc1cc(C2C3=C(CCCC3=O)OC3=C2C(=O)CCC3)cc(I)c1OCC(=O)Nc1cccc(C)c1C. The molecule has 0 bridgehead atoms. The van der Waals surface area contributed by atoms with Crippen LogP contribution < -0.4 is 14.8 Å². The number of hydrogen-bond acceptors (Lipinski definition) is 6. The molecule has 0 saturated heterocycles. The minimum absolute atomic E-state index is 0.0265. The van der Waals surface area contributed by atoms with E-state index in [2.05, 4.69) is 27.9 Å². The highest BCUT2D eigenvalue weighted by molar-refractivity contribution is 14.1. The third-order valence-electron chi connectivity index (χ3n) is 7.45. The lowest BCUT2D eigenvalue weighted by atomic mass is 9.73. The van der Waals surface area contributed by atoms with Crippen LogP contribution >= 0.6 is 22.6 Å². The second-order valence-electron chi connectivity index (χ2n) is 9.88. The first-order valence-electron chi connectivity index (χ1n) is 12.8. The van der Waals surface area contributed by atoms with Crippen LogP contribution in [0, 0.1) is 17.4 Å². The van der Waals surface area contributed by atoms with Crippen LogP contribution in [-0.2, 0) is 19.1 Å². The Labute approximate surface area is 235 Å². The molecule has 1 aliphatic heterocycles. The Kier molecular flexibility index (Phi) is 7.61. The van der Waals surface area contributed by atoms with E-state index in [-0.39, 0.29) is 24.1 Å². The molecule has 0 saturated carbocycles. The number of hydrogen-bond donors (Lipinski definition) is 1. The zero-order chi connectivity index (χ0) is 27.0. The molecule has 0 fully saturated rings. The number of allylic oxidation sites excluding steroid dienone is 4. The van der Waals surface area contributed by atoms with Gasteiger partial charge in [0, 0.05) is 48.4 Å². The predicted molar refractivity (Wildman–Crippen MR) is 151 cm³/mol. The summed E-state index contributed by atoms with van der Waals surface area (Å²) in [6.07, 6.45) is 3.76. The average Bonchev–Trinajstić information content (AvgIpc) is 2.89. The average molecular weight is 627 g/mol. The Morgan fingerprint density at radius 3 is 2.32 bits per heavy atom. The van der Waals surface area contributed by atoms with Crippen molar-refractivity contribution >= 4 is 45.8 Å². The molecule has 2 aliphatic carbocycles. The van der Waals surface area contributed by atoms with Gasteiger partial charge in [-0.15, -0.1) is 0 Å². The number of amides is 1. The number of halogens is 1. The standard InChI is InChI=1S/C30H30INO6/c1-16-7-4-8-20(17(16)2)32-26(35)15-37-30-19(31)13-18(14-25(30)36-3)27-28-21(33)9-5-11-23(28)38-24-12-6-10-22(34)29(24)27/h4,7-8,13-14,27H,5-6,9-12,15H2,1-3H3,(H,32,35). The fourth-order valence-corrected chi connectivity index (χ4v) is 6.19. The summed E-state index contributed by atoms with van der Waals surface area (Å²) in [7, 11) is 1.54. The summed E-state index contributed by atoms with van der Waals surface area (Å²) in [6, 6.07) is 9.48. The minimum Gasteiger partial charge on any atom is -0.493 e. The Balaban J connectivity index is 1.45. The molecule has 7 nitrogen and oxygen atoms in total. The number of carbonyl (C=O) groups is 3. The van der Waals surface area contributed by atoms with E-state index >= 15 is 0 Å². The summed E-state index contributed by atoms with van der Waals surface area (Å²) in [5.41, 5.74) is 4.80. The maximum Gasteiger partial charge on any atom is 0.262 e. The molecule has 198 valence electrons. The molecule has 1 amide bonds.